The number of fused-ring (bicyclic) bond motifs is 1. The SMILES string of the molecule is Cc1cc(C(=O)N[C@@H]2CCO[C@]3(CCS(=O)(=O)C3)C2)c2ccccc2n1. The maximum atomic E-state index is 12.9. The van der Waals surface area contributed by atoms with Crippen molar-refractivity contribution in [1.29, 1.82) is 0 Å². The molecular formula is C19H22N2O4S. The number of aryl methyl sites for hydroxylation is 1. The van der Waals surface area contributed by atoms with Gasteiger partial charge >= 0.3 is 0 Å². The third-order valence-electron chi connectivity index (χ3n) is 5.27. The summed E-state index contributed by atoms with van der Waals surface area (Å²) in [6, 6.07) is 9.30. The number of nitrogens with zero attached hydrogens (tertiary/aromatic N) is 1. The number of hydrogen-bond acceptors (Lipinski definition) is 5. The van der Waals surface area contributed by atoms with Crippen LogP contribution in [0.1, 0.15) is 35.3 Å². The summed E-state index contributed by atoms with van der Waals surface area (Å²) in [4.78, 5) is 17.4. The van der Waals surface area contributed by atoms with E-state index in [1.165, 1.54) is 0 Å². The van der Waals surface area contributed by atoms with Crippen molar-refractivity contribution in [2.75, 3.05) is 18.1 Å². The van der Waals surface area contributed by atoms with E-state index >= 15 is 0 Å². The van der Waals surface area contributed by atoms with Gasteiger partial charge in [-0.05, 0) is 38.3 Å². The Morgan fingerprint density at radius 2 is 2.15 bits per heavy atom. The van der Waals surface area contributed by atoms with Gasteiger partial charge in [0.1, 0.15) is 0 Å². The fraction of sp³-hybridized carbons (Fsp3) is 0.474. The number of benzene rings is 1. The van der Waals surface area contributed by atoms with E-state index in [-0.39, 0.29) is 23.5 Å². The lowest BCUT2D eigenvalue weighted by Crippen LogP contribution is -2.49. The van der Waals surface area contributed by atoms with E-state index in [2.05, 4.69) is 10.3 Å². The number of rotatable bonds is 2. The maximum Gasteiger partial charge on any atom is 0.252 e. The number of nitrogens with one attached hydrogen (secondary N) is 1. The van der Waals surface area contributed by atoms with Gasteiger partial charge in [0.2, 0.25) is 0 Å². The second kappa shape index (κ2) is 6.32. The molecular weight excluding hydrogens is 352 g/mol. The summed E-state index contributed by atoms with van der Waals surface area (Å²) in [7, 11) is -3.04. The van der Waals surface area contributed by atoms with Crippen molar-refractivity contribution >= 4 is 26.6 Å². The summed E-state index contributed by atoms with van der Waals surface area (Å²) < 4.78 is 29.6. The fourth-order valence-electron chi connectivity index (χ4n) is 4.07. The van der Waals surface area contributed by atoms with Crippen LogP contribution in [0.15, 0.2) is 30.3 Å². The monoisotopic (exact) mass is 374 g/mol. The van der Waals surface area contributed by atoms with Crippen LogP contribution in [0.25, 0.3) is 10.9 Å². The van der Waals surface area contributed by atoms with Gasteiger partial charge in [-0.15, -0.1) is 0 Å². The quantitative estimate of drug-likeness (QED) is 0.869. The van der Waals surface area contributed by atoms with Gasteiger partial charge in [0.25, 0.3) is 5.91 Å². The van der Waals surface area contributed by atoms with Crippen LogP contribution in [0.3, 0.4) is 0 Å². The Kier molecular flexibility index (Phi) is 4.23. The summed E-state index contributed by atoms with van der Waals surface area (Å²) in [6.45, 7) is 2.34. The molecule has 26 heavy (non-hydrogen) atoms. The van der Waals surface area contributed by atoms with Gasteiger partial charge < -0.3 is 10.1 Å². The molecule has 2 atom stereocenters. The summed E-state index contributed by atoms with van der Waals surface area (Å²) in [5.41, 5.74) is 1.56. The number of sulfone groups is 1. The molecule has 7 heteroatoms. The van der Waals surface area contributed by atoms with Gasteiger partial charge in [0, 0.05) is 23.7 Å². The van der Waals surface area contributed by atoms with Crippen molar-refractivity contribution in [3.63, 3.8) is 0 Å². The Morgan fingerprint density at radius 1 is 1.35 bits per heavy atom. The number of amides is 1. The van der Waals surface area contributed by atoms with Crippen molar-refractivity contribution in [3.05, 3.63) is 41.6 Å². The van der Waals surface area contributed by atoms with E-state index in [9.17, 15) is 13.2 Å². The molecule has 0 bridgehead atoms. The minimum Gasteiger partial charge on any atom is -0.374 e. The number of carbonyl (C=O) groups excluding carboxylic acids is 1. The summed E-state index contributed by atoms with van der Waals surface area (Å²) in [6.07, 6.45) is 1.74. The molecule has 6 nitrogen and oxygen atoms in total. The molecule has 1 aromatic carbocycles. The third kappa shape index (κ3) is 3.33. The largest absolute Gasteiger partial charge is 0.374 e. The van der Waals surface area contributed by atoms with E-state index in [1.807, 2.05) is 31.2 Å². The number of carbonyl (C=O) groups is 1. The van der Waals surface area contributed by atoms with E-state index in [0.29, 0.717) is 31.4 Å². The topological polar surface area (TPSA) is 85.4 Å². The minimum atomic E-state index is -3.04. The lowest BCUT2D eigenvalue weighted by Gasteiger charge is -2.37. The lowest BCUT2D eigenvalue weighted by atomic mass is 9.89. The van der Waals surface area contributed by atoms with Crippen LogP contribution in [0, 0.1) is 6.92 Å². The maximum absolute atomic E-state index is 12.9. The summed E-state index contributed by atoms with van der Waals surface area (Å²) >= 11 is 0. The normalized spacial score (nSPS) is 27.7. The zero-order valence-electron chi connectivity index (χ0n) is 14.7. The first-order valence-corrected chi connectivity index (χ1v) is 10.7. The second-order valence-electron chi connectivity index (χ2n) is 7.37. The molecule has 2 aliphatic rings. The molecule has 1 spiro atoms. The molecule has 2 saturated heterocycles. The van der Waals surface area contributed by atoms with Gasteiger partial charge in [0.15, 0.2) is 9.84 Å². The Labute approximate surface area is 152 Å². The van der Waals surface area contributed by atoms with E-state index in [1.54, 1.807) is 6.07 Å². The average Bonchev–Trinajstić information content (AvgIpc) is 2.88. The van der Waals surface area contributed by atoms with Gasteiger partial charge in [0.05, 0.1) is 28.2 Å². The zero-order valence-corrected chi connectivity index (χ0v) is 15.5. The first-order valence-electron chi connectivity index (χ1n) is 8.88. The predicted octanol–water partition coefficient (Wildman–Crippen LogP) is 2.01. The van der Waals surface area contributed by atoms with Crippen molar-refractivity contribution < 1.29 is 17.9 Å². The van der Waals surface area contributed by atoms with E-state index in [0.717, 1.165) is 16.6 Å². The molecule has 2 fully saturated rings. The Hall–Kier alpha value is -1.99. The Balaban J connectivity index is 1.55. The number of pyridine rings is 1. The van der Waals surface area contributed by atoms with Crippen molar-refractivity contribution in [2.24, 2.45) is 0 Å². The molecule has 138 valence electrons. The highest BCUT2D eigenvalue weighted by Gasteiger charge is 2.46. The van der Waals surface area contributed by atoms with Crippen LogP contribution >= 0.6 is 0 Å². The Morgan fingerprint density at radius 3 is 2.92 bits per heavy atom. The van der Waals surface area contributed by atoms with Gasteiger partial charge in [-0.2, -0.15) is 0 Å². The van der Waals surface area contributed by atoms with Crippen LogP contribution in [0.2, 0.25) is 0 Å². The van der Waals surface area contributed by atoms with E-state index < -0.39 is 15.4 Å². The van der Waals surface area contributed by atoms with Crippen molar-refractivity contribution in [1.82, 2.24) is 10.3 Å². The summed E-state index contributed by atoms with van der Waals surface area (Å²) in [5.74, 6) is 0.0838. The lowest BCUT2D eigenvalue weighted by molar-refractivity contribution is -0.0690. The molecule has 4 rings (SSSR count). The molecule has 2 aliphatic heterocycles. The number of aromatic nitrogens is 1. The first kappa shape index (κ1) is 17.4. The predicted molar refractivity (Wildman–Crippen MR) is 98.9 cm³/mol. The van der Waals surface area contributed by atoms with Crippen LogP contribution < -0.4 is 5.32 Å². The second-order valence-corrected chi connectivity index (χ2v) is 9.55. The summed E-state index contributed by atoms with van der Waals surface area (Å²) in [5, 5.41) is 3.91. The standard InChI is InChI=1S/C19H22N2O4S/c1-13-10-16(15-4-2-3-5-17(15)20-13)18(22)21-14-6-8-25-19(11-14)7-9-26(23,24)12-19/h2-5,10,14H,6-9,11-12H2,1H3,(H,21,22)/t14-,19-/m1/s1. The van der Waals surface area contributed by atoms with Crippen LogP contribution in [-0.4, -0.2) is 49.1 Å². The van der Waals surface area contributed by atoms with Crippen molar-refractivity contribution in [2.45, 2.75) is 37.8 Å². The fourth-order valence-corrected chi connectivity index (χ4v) is 6.05. The molecule has 1 aromatic heterocycles. The van der Waals surface area contributed by atoms with Gasteiger partial charge in [-0.1, -0.05) is 18.2 Å². The van der Waals surface area contributed by atoms with E-state index in [4.69, 9.17) is 4.74 Å². The van der Waals surface area contributed by atoms with Crippen LogP contribution in [-0.2, 0) is 14.6 Å². The molecule has 2 aromatic rings. The average molecular weight is 374 g/mol. The molecule has 0 radical (unpaired) electrons. The van der Waals surface area contributed by atoms with Crippen molar-refractivity contribution in [3.8, 4) is 0 Å². The minimum absolute atomic E-state index is 0.0592. The highest BCUT2D eigenvalue weighted by atomic mass is 32.2. The number of hydrogen-bond donors (Lipinski definition) is 1. The third-order valence-corrected chi connectivity index (χ3v) is 7.06. The van der Waals surface area contributed by atoms with Gasteiger partial charge in [-0.3, -0.25) is 9.78 Å². The van der Waals surface area contributed by atoms with Gasteiger partial charge in [-0.25, -0.2) is 8.42 Å². The highest BCUT2D eigenvalue weighted by Crippen LogP contribution is 2.35. The number of ether oxygens (including phenoxy) is 1. The molecule has 1 amide bonds. The Bertz CT molecular complexity index is 973. The molecule has 0 aliphatic carbocycles. The molecule has 0 saturated carbocycles. The van der Waals surface area contributed by atoms with Crippen LogP contribution in [0.5, 0.6) is 0 Å². The molecule has 1 N–H and O–H groups in total. The molecule has 3 heterocycles. The first-order chi connectivity index (χ1) is 12.4. The molecule has 0 unspecified atom stereocenters. The van der Waals surface area contributed by atoms with Crippen LogP contribution in [0.4, 0.5) is 0 Å². The smallest absolute Gasteiger partial charge is 0.252 e. The zero-order chi connectivity index (χ0) is 18.4. The highest BCUT2D eigenvalue weighted by molar-refractivity contribution is 7.91. The number of para-hydroxylation sites is 1.